The van der Waals surface area contributed by atoms with E-state index in [-0.39, 0.29) is 5.38 Å². The zero-order valence-electron chi connectivity index (χ0n) is 10.6. The second kappa shape index (κ2) is 6.29. The van der Waals surface area contributed by atoms with Gasteiger partial charge in [-0.1, -0.05) is 49.6 Å². The number of benzene rings is 2. The molecule has 1 unspecified atom stereocenters. The highest BCUT2D eigenvalue weighted by Gasteiger charge is 2.18. The Morgan fingerprint density at radius 2 is 1.79 bits per heavy atom. The van der Waals surface area contributed by atoms with Crippen molar-refractivity contribution in [1.82, 2.24) is 0 Å². The van der Waals surface area contributed by atoms with E-state index < -0.39 is 0 Å². The SMILES string of the molecule is COc1ccc(Br)cc1C(Cl)c1cc(C)ccc1Br. The van der Waals surface area contributed by atoms with Crippen LogP contribution in [-0.2, 0) is 0 Å². The van der Waals surface area contributed by atoms with Gasteiger partial charge in [-0.05, 0) is 36.8 Å². The number of aryl methyl sites for hydroxylation is 1. The zero-order valence-corrected chi connectivity index (χ0v) is 14.5. The number of halogens is 3. The molecule has 0 radical (unpaired) electrons. The van der Waals surface area contributed by atoms with Crippen LogP contribution in [-0.4, -0.2) is 7.11 Å². The topological polar surface area (TPSA) is 9.23 Å². The fourth-order valence-electron chi connectivity index (χ4n) is 1.93. The lowest BCUT2D eigenvalue weighted by Gasteiger charge is -2.16. The highest BCUT2D eigenvalue weighted by Crippen LogP contribution is 2.39. The third kappa shape index (κ3) is 3.33. The summed E-state index contributed by atoms with van der Waals surface area (Å²) in [5, 5.41) is -0.262. The molecule has 0 N–H and O–H groups in total. The van der Waals surface area contributed by atoms with Crippen molar-refractivity contribution in [3.8, 4) is 5.75 Å². The van der Waals surface area contributed by atoms with Gasteiger partial charge in [-0.2, -0.15) is 0 Å². The van der Waals surface area contributed by atoms with E-state index in [4.69, 9.17) is 16.3 Å². The fourth-order valence-corrected chi connectivity index (χ4v) is 3.27. The second-order valence-electron chi connectivity index (χ2n) is 4.27. The number of hydrogen-bond donors (Lipinski definition) is 0. The van der Waals surface area contributed by atoms with Crippen molar-refractivity contribution in [2.75, 3.05) is 7.11 Å². The van der Waals surface area contributed by atoms with Crippen molar-refractivity contribution in [2.45, 2.75) is 12.3 Å². The van der Waals surface area contributed by atoms with Gasteiger partial charge in [0.05, 0.1) is 12.5 Å². The Morgan fingerprint density at radius 3 is 2.47 bits per heavy atom. The van der Waals surface area contributed by atoms with Gasteiger partial charge in [-0.15, -0.1) is 11.6 Å². The molecular weight excluding hydrogens is 391 g/mol. The average Bonchev–Trinajstić information content (AvgIpc) is 2.40. The minimum absolute atomic E-state index is 0.262. The predicted molar refractivity (Wildman–Crippen MR) is 87.3 cm³/mol. The Hall–Kier alpha value is -0.510. The van der Waals surface area contributed by atoms with Crippen molar-refractivity contribution >= 4 is 43.5 Å². The first kappa shape index (κ1) is 14.9. The van der Waals surface area contributed by atoms with Crippen molar-refractivity contribution in [2.24, 2.45) is 0 Å². The molecule has 0 spiro atoms. The van der Waals surface area contributed by atoms with E-state index in [1.54, 1.807) is 7.11 Å². The first-order chi connectivity index (χ1) is 9.02. The van der Waals surface area contributed by atoms with Gasteiger partial charge >= 0.3 is 0 Å². The summed E-state index contributed by atoms with van der Waals surface area (Å²) < 4.78 is 7.38. The van der Waals surface area contributed by atoms with E-state index in [0.717, 1.165) is 25.8 Å². The summed E-state index contributed by atoms with van der Waals surface area (Å²) in [5.74, 6) is 0.789. The molecule has 2 rings (SSSR count). The minimum Gasteiger partial charge on any atom is -0.496 e. The second-order valence-corrected chi connectivity index (χ2v) is 6.48. The van der Waals surface area contributed by atoms with Crippen LogP contribution >= 0.6 is 43.5 Å². The molecule has 0 aliphatic heterocycles. The summed E-state index contributed by atoms with van der Waals surface area (Å²) in [7, 11) is 1.65. The summed E-state index contributed by atoms with van der Waals surface area (Å²) in [6.07, 6.45) is 0. The lowest BCUT2D eigenvalue weighted by atomic mass is 10.0. The van der Waals surface area contributed by atoms with Crippen LogP contribution in [0.25, 0.3) is 0 Å². The molecule has 4 heteroatoms. The van der Waals surface area contributed by atoms with Crippen LogP contribution in [0.5, 0.6) is 5.75 Å². The van der Waals surface area contributed by atoms with Crippen LogP contribution in [0, 0.1) is 6.92 Å². The van der Waals surface area contributed by atoms with E-state index in [1.807, 2.05) is 24.3 Å². The van der Waals surface area contributed by atoms with E-state index >= 15 is 0 Å². The van der Waals surface area contributed by atoms with E-state index in [2.05, 4.69) is 50.9 Å². The van der Waals surface area contributed by atoms with Gasteiger partial charge in [0.2, 0.25) is 0 Å². The Kier molecular flexibility index (Phi) is 4.93. The number of ether oxygens (including phenoxy) is 1. The van der Waals surface area contributed by atoms with Gasteiger partial charge in [-0.3, -0.25) is 0 Å². The van der Waals surface area contributed by atoms with Crippen LogP contribution in [0.2, 0.25) is 0 Å². The molecule has 0 aliphatic rings. The predicted octanol–water partition coefficient (Wildman–Crippen LogP) is 5.86. The molecule has 1 atom stereocenters. The molecule has 0 aliphatic carbocycles. The molecule has 2 aromatic carbocycles. The largest absolute Gasteiger partial charge is 0.496 e. The van der Waals surface area contributed by atoms with E-state index in [0.29, 0.717) is 0 Å². The molecule has 0 saturated carbocycles. The third-order valence-electron chi connectivity index (χ3n) is 2.89. The molecule has 19 heavy (non-hydrogen) atoms. The molecule has 0 bridgehead atoms. The van der Waals surface area contributed by atoms with Crippen molar-refractivity contribution < 1.29 is 4.74 Å². The number of rotatable bonds is 3. The molecular formula is C15H13Br2ClO. The molecule has 1 nitrogen and oxygen atoms in total. The first-order valence-corrected chi connectivity index (χ1v) is 7.78. The van der Waals surface area contributed by atoms with Gasteiger partial charge < -0.3 is 4.74 Å². The van der Waals surface area contributed by atoms with Crippen molar-refractivity contribution in [3.63, 3.8) is 0 Å². The molecule has 0 aromatic heterocycles. The van der Waals surface area contributed by atoms with Crippen LogP contribution < -0.4 is 4.74 Å². The lowest BCUT2D eigenvalue weighted by molar-refractivity contribution is 0.410. The summed E-state index contributed by atoms with van der Waals surface area (Å²) in [6, 6.07) is 12.0. The molecule has 0 amide bonds. The van der Waals surface area contributed by atoms with E-state index in [1.165, 1.54) is 5.56 Å². The molecule has 100 valence electrons. The minimum atomic E-state index is -0.262. The van der Waals surface area contributed by atoms with Gasteiger partial charge in [0.25, 0.3) is 0 Å². The molecule has 2 aromatic rings. The summed E-state index contributed by atoms with van der Waals surface area (Å²) in [6.45, 7) is 2.05. The third-order valence-corrected chi connectivity index (χ3v) is 4.57. The number of alkyl halides is 1. The molecule has 0 fully saturated rings. The maximum atomic E-state index is 6.63. The zero-order chi connectivity index (χ0) is 14.0. The lowest BCUT2D eigenvalue weighted by Crippen LogP contribution is -1.99. The maximum absolute atomic E-state index is 6.63. The fraction of sp³-hybridized carbons (Fsp3) is 0.200. The Labute approximate surface area is 135 Å². The van der Waals surface area contributed by atoms with Crippen LogP contribution in [0.1, 0.15) is 22.1 Å². The summed E-state index contributed by atoms with van der Waals surface area (Å²) in [4.78, 5) is 0. The Balaban J connectivity index is 2.51. The monoisotopic (exact) mass is 402 g/mol. The van der Waals surface area contributed by atoms with Gasteiger partial charge in [0.1, 0.15) is 5.75 Å². The average molecular weight is 405 g/mol. The van der Waals surface area contributed by atoms with Gasteiger partial charge in [0.15, 0.2) is 0 Å². The quantitative estimate of drug-likeness (QED) is 0.583. The van der Waals surface area contributed by atoms with Crippen molar-refractivity contribution in [3.05, 3.63) is 62.0 Å². The Bertz CT molecular complexity index is 599. The highest BCUT2D eigenvalue weighted by molar-refractivity contribution is 9.10. The summed E-state index contributed by atoms with van der Waals surface area (Å²) >= 11 is 13.7. The maximum Gasteiger partial charge on any atom is 0.123 e. The molecule has 0 heterocycles. The first-order valence-electron chi connectivity index (χ1n) is 5.76. The van der Waals surface area contributed by atoms with E-state index in [9.17, 15) is 0 Å². The van der Waals surface area contributed by atoms with Gasteiger partial charge in [0, 0.05) is 14.5 Å². The Morgan fingerprint density at radius 1 is 1.05 bits per heavy atom. The number of methoxy groups -OCH3 is 1. The standard InChI is InChI=1S/C15H13Br2ClO/c1-9-3-5-13(17)11(7-9)15(18)12-8-10(16)4-6-14(12)19-2/h3-8,15H,1-2H3. The van der Waals surface area contributed by atoms with Crippen LogP contribution in [0.3, 0.4) is 0 Å². The highest BCUT2D eigenvalue weighted by atomic mass is 79.9. The van der Waals surface area contributed by atoms with Crippen LogP contribution in [0.4, 0.5) is 0 Å². The normalized spacial score (nSPS) is 12.3. The summed E-state index contributed by atoms with van der Waals surface area (Å²) in [5.41, 5.74) is 3.17. The number of hydrogen-bond acceptors (Lipinski definition) is 1. The van der Waals surface area contributed by atoms with Crippen LogP contribution in [0.15, 0.2) is 45.3 Å². The molecule has 0 saturated heterocycles. The van der Waals surface area contributed by atoms with Crippen molar-refractivity contribution in [1.29, 1.82) is 0 Å². The van der Waals surface area contributed by atoms with Gasteiger partial charge in [-0.25, -0.2) is 0 Å². The smallest absolute Gasteiger partial charge is 0.123 e.